The lowest BCUT2D eigenvalue weighted by Crippen LogP contribution is -2.41. The Hall–Kier alpha value is -0.820. The fourth-order valence-corrected chi connectivity index (χ4v) is 3.98. The Labute approximate surface area is 122 Å². The second-order valence-corrected chi connectivity index (χ2v) is 7.46. The lowest BCUT2D eigenvalue weighted by atomic mass is 9.99. The van der Waals surface area contributed by atoms with Crippen LogP contribution in [-0.2, 0) is 4.79 Å². The van der Waals surface area contributed by atoms with E-state index in [2.05, 4.69) is 22.4 Å². The van der Waals surface area contributed by atoms with Crippen molar-refractivity contribution in [1.82, 2.24) is 15.1 Å². The SMILES string of the molecule is CNc1nnc(S[C@H](C)C(=O)N2CCC(C)CC2)s1. The van der Waals surface area contributed by atoms with Crippen molar-refractivity contribution in [3.8, 4) is 0 Å². The van der Waals surface area contributed by atoms with Gasteiger partial charge in [-0.15, -0.1) is 10.2 Å². The molecule has 0 radical (unpaired) electrons. The van der Waals surface area contributed by atoms with Gasteiger partial charge in [0.05, 0.1) is 5.25 Å². The van der Waals surface area contributed by atoms with Crippen molar-refractivity contribution < 1.29 is 4.79 Å². The van der Waals surface area contributed by atoms with Crippen molar-refractivity contribution in [3.05, 3.63) is 0 Å². The number of rotatable bonds is 4. The smallest absolute Gasteiger partial charge is 0.235 e. The van der Waals surface area contributed by atoms with E-state index in [1.54, 1.807) is 0 Å². The Kier molecular flexibility index (Phi) is 5.04. The summed E-state index contributed by atoms with van der Waals surface area (Å²) in [6, 6.07) is 0. The molecule has 1 amide bonds. The molecule has 7 heteroatoms. The molecule has 0 unspecified atom stereocenters. The van der Waals surface area contributed by atoms with E-state index in [1.165, 1.54) is 23.1 Å². The molecule has 2 heterocycles. The summed E-state index contributed by atoms with van der Waals surface area (Å²) < 4.78 is 0.843. The van der Waals surface area contributed by atoms with Crippen molar-refractivity contribution in [2.45, 2.75) is 36.3 Å². The highest BCUT2D eigenvalue weighted by Gasteiger charge is 2.25. The standard InChI is InChI=1S/C12H20N4OS2/c1-8-4-6-16(7-5-8)10(17)9(2)18-12-15-14-11(13-3)19-12/h8-9H,4-7H2,1-3H3,(H,13,14)/t9-/m1/s1. The second-order valence-electron chi connectivity index (χ2n) is 4.89. The highest BCUT2D eigenvalue weighted by atomic mass is 32.2. The number of nitrogens with zero attached hydrogens (tertiary/aromatic N) is 3. The average Bonchev–Trinajstić information content (AvgIpc) is 2.86. The molecule has 0 saturated carbocycles. The number of carbonyl (C=O) groups excluding carboxylic acids is 1. The highest BCUT2D eigenvalue weighted by molar-refractivity contribution is 8.02. The van der Waals surface area contributed by atoms with Crippen molar-refractivity contribution in [3.63, 3.8) is 0 Å². The van der Waals surface area contributed by atoms with Crippen LogP contribution in [0.1, 0.15) is 26.7 Å². The number of likely N-dealkylation sites (tertiary alicyclic amines) is 1. The van der Waals surface area contributed by atoms with Gasteiger partial charge in [0.25, 0.3) is 0 Å². The number of piperidine rings is 1. The Morgan fingerprint density at radius 1 is 1.47 bits per heavy atom. The zero-order chi connectivity index (χ0) is 13.8. The molecule has 1 aromatic heterocycles. The van der Waals surface area contributed by atoms with Gasteiger partial charge in [0.1, 0.15) is 0 Å². The molecule has 2 rings (SSSR count). The molecule has 0 aliphatic carbocycles. The largest absolute Gasteiger partial charge is 0.363 e. The molecule has 1 aliphatic rings. The van der Waals surface area contributed by atoms with E-state index >= 15 is 0 Å². The lowest BCUT2D eigenvalue weighted by molar-refractivity contribution is -0.131. The molecule has 1 fully saturated rings. The van der Waals surface area contributed by atoms with Gasteiger partial charge in [0, 0.05) is 20.1 Å². The van der Waals surface area contributed by atoms with Crippen molar-refractivity contribution in [2.24, 2.45) is 5.92 Å². The number of hydrogen-bond donors (Lipinski definition) is 1. The molecule has 0 spiro atoms. The van der Waals surface area contributed by atoms with Crippen LogP contribution in [0.4, 0.5) is 5.13 Å². The summed E-state index contributed by atoms with van der Waals surface area (Å²) in [5.41, 5.74) is 0. The summed E-state index contributed by atoms with van der Waals surface area (Å²) in [5.74, 6) is 0.964. The Bertz CT molecular complexity index is 429. The van der Waals surface area contributed by atoms with Gasteiger partial charge in [0.2, 0.25) is 11.0 Å². The van der Waals surface area contributed by atoms with Crippen LogP contribution in [0.2, 0.25) is 0 Å². The first-order valence-electron chi connectivity index (χ1n) is 6.57. The molecular formula is C12H20N4OS2. The highest BCUT2D eigenvalue weighted by Crippen LogP contribution is 2.30. The molecule has 1 aromatic rings. The van der Waals surface area contributed by atoms with Crippen LogP contribution in [0.5, 0.6) is 0 Å². The summed E-state index contributed by atoms with van der Waals surface area (Å²) in [7, 11) is 1.82. The third kappa shape index (κ3) is 3.82. The van der Waals surface area contributed by atoms with Crippen LogP contribution in [-0.4, -0.2) is 46.4 Å². The maximum absolute atomic E-state index is 12.3. The number of carbonyl (C=O) groups is 1. The van der Waals surface area contributed by atoms with Crippen LogP contribution >= 0.6 is 23.1 Å². The van der Waals surface area contributed by atoms with Crippen LogP contribution in [0.15, 0.2) is 4.34 Å². The molecule has 1 aliphatic heterocycles. The Balaban J connectivity index is 1.88. The number of aromatic nitrogens is 2. The summed E-state index contributed by atoms with van der Waals surface area (Å²) in [6.45, 7) is 5.98. The molecule has 5 nitrogen and oxygen atoms in total. The van der Waals surface area contributed by atoms with Gasteiger partial charge in [-0.1, -0.05) is 30.0 Å². The van der Waals surface area contributed by atoms with E-state index in [1.807, 2.05) is 18.9 Å². The maximum atomic E-state index is 12.3. The number of thioether (sulfide) groups is 1. The molecule has 1 saturated heterocycles. The Morgan fingerprint density at radius 2 is 2.16 bits per heavy atom. The van der Waals surface area contributed by atoms with Gasteiger partial charge in [-0.2, -0.15) is 0 Å². The monoisotopic (exact) mass is 300 g/mol. The van der Waals surface area contributed by atoms with E-state index < -0.39 is 0 Å². The van der Waals surface area contributed by atoms with E-state index in [4.69, 9.17) is 0 Å². The number of nitrogens with one attached hydrogen (secondary N) is 1. The zero-order valence-corrected chi connectivity index (χ0v) is 13.2. The minimum atomic E-state index is -0.0916. The average molecular weight is 300 g/mol. The summed E-state index contributed by atoms with van der Waals surface area (Å²) >= 11 is 2.98. The quantitative estimate of drug-likeness (QED) is 0.865. The van der Waals surface area contributed by atoms with Gasteiger partial charge in [-0.3, -0.25) is 4.79 Å². The van der Waals surface area contributed by atoms with Gasteiger partial charge in [-0.05, 0) is 25.7 Å². The van der Waals surface area contributed by atoms with Crippen LogP contribution in [0.25, 0.3) is 0 Å². The second kappa shape index (κ2) is 6.56. The predicted octanol–water partition coefficient (Wildman–Crippen LogP) is 2.32. The normalized spacial score (nSPS) is 18.4. The molecule has 1 atom stereocenters. The first-order chi connectivity index (χ1) is 9.10. The topological polar surface area (TPSA) is 58.1 Å². The Morgan fingerprint density at radius 3 is 2.74 bits per heavy atom. The molecule has 0 bridgehead atoms. The van der Waals surface area contributed by atoms with Crippen molar-refractivity contribution in [1.29, 1.82) is 0 Å². The minimum Gasteiger partial charge on any atom is -0.363 e. The maximum Gasteiger partial charge on any atom is 0.235 e. The molecule has 19 heavy (non-hydrogen) atoms. The number of hydrogen-bond acceptors (Lipinski definition) is 6. The summed E-state index contributed by atoms with van der Waals surface area (Å²) in [5, 5.41) is 11.7. The van der Waals surface area contributed by atoms with Crippen LogP contribution in [0, 0.1) is 5.92 Å². The van der Waals surface area contributed by atoms with Gasteiger partial charge in [0.15, 0.2) is 4.34 Å². The van der Waals surface area contributed by atoms with E-state index in [-0.39, 0.29) is 11.2 Å². The minimum absolute atomic E-state index is 0.0916. The first-order valence-corrected chi connectivity index (χ1v) is 8.26. The fraction of sp³-hybridized carbons (Fsp3) is 0.750. The number of amides is 1. The predicted molar refractivity (Wildman–Crippen MR) is 79.8 cm³/mol. The van der Waals surface area contributed by atoms with Gasteiger partial charge < -0.3 is 10.2 Å². The molecular weight excluding hydrogens is 280 g/mol. The summed E-state index contributed by atoms with van der Waals surface area (Å²) in [6.07, 6.45) is 2.23. The first kappa shape index (κ1) is 14.6. The van der Waals surface area contributed by atoms with Crippen LogP contribution < -0.4 is 5.32 Å². The van der Waals surface area contributed by atoms with E-state index in [0.717, 1.165) is 41.3 Å². The number of anilines is 1. The van der Waals surface area contributed by atoms with E-state index in [0.29, 0.717) is 0 Å². The zero-order valence-electron chi connectivity index (χ0n) is 11.5. The van der Waals surface area contributed by atoms with Gasteiger partial charge >= 0.3 is 0 Å². The summed E-state index contributed by atoms with van der Waals surface area (Å²) in [4.78, 5) is 14.3. The molecule has 106 valence electrons. The van der Waals surface area contributed by atoms with Crippen LogP contribution in [0.3, 0.4) is 0 Å². The molecule has 1 N–H and O–H groups in total. The van der Waals surface area contributed by atoms with Crippen molar-refractivity contribution >= 4 is 34.1 Å². The van der Waals surface area contributed by atoms with Crippen molar-refractivity contribution in [2.75, 3.05) is 25.5 Å². The third-order valence-electron chi connectivity index (χ3n) is 3.34. The fourth-order valence-electron chi connectivity index (χ4n) is 2.05. The van der Waals surface area contributed by atoms with Gasteiger partial charge in [-0.25, -0.2) is 0 Å². The molecule has 0 aromatic carbocycles. The third-order valence-corrected chi connectivity index (χ3v) is 5.45. The van der Waals surface area contributed by atoms with E-state index in [9.17, 15) is 4.79 Å². The lowest BCUT2D eigenvalue weighted by Gasteiger charge is -2.31.